The smallest absolute Gasteiger partial charge is 0.410 e. The van der Waals surface area contributed by atoms with Crippen molar-refractivity contribution >= 4 is 29.6 Å². The van der Waals surface area contributed by atoms with Gasteiger partial charge in [0.2, 0.25) is 5.90 Å². The number of amides is 1. The molecule has 0 aromatic heterocycles. The number of rotatable bonds is 9. The van der Waals surface area contributed by atoms with Gasteiger partial charge in [0.25, 0.3) is 0 Å². The second-order valence-corrected chi connectivity index (χ2v) is 13.4. The second-order valence-electron chi connectivity index (χ2n) is 13.4. The van der Waals surface area contributed by atoms with Crippen LogP contribution in [-0.2, 0) is 20.9 Å². The topological polar surface area (TPSA) is 122 Å². The molecule has 0 saturated heterocycles. The van der Waals surface area contributed by atoms with Crippen molar-refractivity contribution in [1.82, 2.24) is 4.90 Å². The van der Waals surface area contributed by atoms with Crippen molar-refractivity contribution in [3.05, 3.63) is 113 Å². The summed E-state index contributed by atoms with van der Waals surface area (Å²) in [5.41, 5.74) is 5.24. The second kappa shape index (κ2) is 20.9. The molecule has 5 rings (SSSR count). The monoisotopic (exact) mass is 697 g/mol. The fourth-order valence-electron chi connectivity index (χ4n) is 5.65. The summed E-state index contributed by atoms with van der Waals surface area (Å²) in [6.45, 7) is 12.7. The molecule has 3 aromatic rings. The zero-order chi connectivity index (χ0) is 37.2. The number of aliphatic hydroxyl groups excluding tert-OH is 1. The first-order valence-electron chi connectivity index (χ1n) is 17.9. The molecule has 1 heterocycles. The lowest BCUT2D eigenvalue weighted by Gasteiger charge is -2.30. The summed E-state index contributed by atoms with van der Waals surface area (Å²) in [6, 6.07) is 25.5. The van der Waals surface area contributed by atoms with Gasteiger partial charge in [0.1, 0.15) is 12.2 Å². The summed E-state index contributed by atoms with van der Waals surface area (Å²) in [5.74, 6) is 0.104. The minimum atomic E-state index is -0.513. The van der Waals surface area contributed by atoms with Crippen LogP contribution in [0.3, 0.4) is 0 Å². The van der Waals surface area contributed by atoms with Gasteiger partial charge in [-0.2, -0.15) is 0 Å². The van der Waals surface area contributed by atoms with E-state index >= 15 is 0 Å². The van der Waals surface area contributed by atoms with Crippen LogP contribution in [0, 0.1) is 18.3 Å². The minimum Gasteiger partial charge on any atom is -0.444 e. The molecule has 1 fully saturated rings. The average molecular weight is 698 g/mol. The number of carbonyl (C=O) groups excluding carboxylic acids is 2. The van der Waals surface area contributed by atoms with Crippen LogP contribution in [0.2, 0.25) is 0 Å². The number of nitrogens with one attached hydrogen (secondary N) is 1. The van der Waals surface area contributed by atoms with Crippen LogP contribution in [0.4, 0.5) is 4.79 Å². The summed E-state index contributed by atoms with van der Waals surface area (Å²) in [7, 11) is 0. The lowest BCUT2D eigenvalue weighted by molar-refractivity contribution is 0.0107. The molecule has 9 heteroatoms. The zero-order valence-electron chi connectivity index (χ0n) is 31.1. The van der Waals surface area contributed by atoms with Gasteiger partial charge in [-0.15, -0.1) is 0 Å². The van der Waals surface area contributed by atoms with Gasteiger partial charge in [-0.1, -0.05) is 110 Å². The number of aryl methyl sites for hydroxylation is 1. The fraction of sp³-hybridized carbons (Fsp3) is 0.429. The number of nitrogens with zero attached hydrogens (tertiary/aromatic N) is 2. The molecular formula is C42H55N3O6. The number of hydrogen-bond acceptors (Lipinski definition) is 8. The number of hydrogen-bond donors (Lipinski definition) is 2. The number of ether oxygens (including phenoxy) is 2. The van der Waals surface area contributed by atoms with Crippen molar-refractivity contribution < 1.29 is 29.0 Å². The van der Waals surface area contributed by atoms with Crippen LogP contribution in [0.1, 0.15) is 99.3 Å². The van der Waals surface area contributed by atoms with Gasteiger partial charge in [0, 0.05) is 24.6 Å². The van der Waals surface area contributed by atoms with E-state index in [0.717, 1.165) is 42.4 Å². The van der Waals surface area contributed by atoms with E-state index in [9.17, 15) is 9.59 Å². The van der Waals surface area contributed by atoms with Gasteiger partial charge in [-0.05, 0) is 82.1 Å². The van der Waals surface area contributed by atoms with Crippen LogP contribution in [-0.4, -0.2) is 65.4 Å². The van der Waals surface area contributed by atoms with Crippen molar-refractivity contribution in [1.29, 1.82) is 5.41 Å². The molecule has 1 aliphatic heterocycles. The first-order valence-corrected chi connectivity index (χ1v) is 17.9. The number of ketones is 1. The summed E-state index contributed by atoms with van der Waals surface area (Å²) >= 11 is 0. The van der Waals surface area contributed by atoms with Crippen LogP contribution < -0.4 is 0 Å². The van der Waals surface area contributed by atoms with Gasteiger partial charge in [0.05, 0.1) is 18.9 Å². The molecule has 3 aromatic carbocycles. The third-order valence-electron chi connectivity index (χ3n) is 8.38. The van der Waals surface area contributed by atoms with E-state index < -0.39 is 12.2 Å². The third-order valence-corrected chi connectivity index (χ3v) is 8.38. The minimum absolute atomic E-state index is 0.141. The van der Waals surface area contributed by atoms with Gasteiger partial charge in [0.15, 0.2) is 5.78 Å². The fourth-order valence-corrected chi connectivity index (χ4v) is 5.65. The maximum atomic E-state index is 12.1. The van der Waals surface area contributed by atoms with Crippen molar-refractivity contribution in [3.8, 4) is 0 Å². The summed E-state index contributed by atoms with van der Waals surface area (Å²) in [4.78, 5) is 30.8. The summed E-state index contributed by atoms with van der Waals surface area (Å²) < 4.78 is 11.4. The summed E-state index contributed by atoms with van der Waals surface area (Å²) in [6.07, 6.45) is 7.95. The predicted octanol–water partition coefficient (Wildman–Crippen LogP) is 9.01. The van der Waals surface area contributed by atoms with Crippen LogP contribution in [0.15, 0.2) is 90.1 Å². The third kappa shape index (κ3) is 13.9. The molecular weight excluding hydrogens is 642 g/mol. The molecule has 51 heavy (non-hydrogen) atoms. The predicted molar refractivity (Wildman–Crippen MR) is 204 cm³/mol. The molecule has 0 unspecified atom stereocenters. The largest absolute Gasteiger partial charge is 0.444 e. The van der Waals surface area contributed by atoms with Crippen molar-refractivity contribution in [2.45, 2.75) is 92.0 Å². The Morgan fingerprint density at radius 2 is 1.59 bits per heavy atom. The highest BCUT2D eigenvalue weighted by atomic mass is 16.6. The molecule has 1 saturated carbocycles. The molecule has 9 nitrogen and oxygen atoms in total. The van der Waals surface area contributed by atoms with Gasteiger partial charge in [-0.25, -0.2) is 4.79 Å². The maximum absolute atomic E-state index is 12.1. The van der Waals surface area contributed by atoms with E-state index in [1.54, 1.807) is 23.2 Å². The average Bonchev–Trinajstić information content (AvgIpc) is 3.15. The van der Waals surface area contributed by atoms with Crippen molar-refractivity contribution in [2.24, 2.45) is 11.1 Å². The Morgan fingerprint density at radius 3 is 2.20 bits per heavy atom. The van der Waals surface area contributed by atoms with E-state index in [1.807, 2.05) is 102 Å². The number of Topliss-reactive ketones (excluding diaryl/α,β-unsaturated/α-hetero) is 1. The molecule has 0 radical (unpaired) electrons. The number of aliphatic hydroxyl groups is 1. The van der Waals surface area contributed by atoms with Crippen LogP contribution in [0.25, 0.3) is 5.57 Å². The SMILES string of the molecule is CC.CC(C)(C)OC(=O)N1CC=C(c2ccccc2C(=O)CO)CC1.Cc1ccc(/C=N/OC(=N)C2CCC(OCc3ccccc3)CC2)cc1. The molecule has 0 atom stereocenters. The molecule has 1 amide bonds. The molecule has 0 spiro atoms. The highest BCUT2D eigenvalue weighted by Crippen LogP contribution is 2.29. The number of benzene rings is 3. The van der Waals surface area contributed by atoms with E-state index in [2.05, 4.69) is 17.3 Å². The Bertz CT molecular complexity index is 1590. The first kappa shape index (κ1) is 40.8. The Hall–Kier alpha value is -4.60. The Morgan fingerprint density at radius 1 is 0.941 bits per heavy atom. The lowest BCUT2D eigenvalue weighted by Crippen LogP contribution is -2.39. The molecule has 274 valence electrons. The van der Waals surface area contributed by atoms with Crippen LogP contribution >= 0.6 is 0 Å². The standard InChI is InChI=1S/C22H26N2O2.C18H23NO4.C2H6/c1-17-7-9-18(10-8-17)15-24-26-22(23)20-11-13-21(14-12-20)25-16-19-5-3-2-4-6-19;1-18(2,3)23-17(22)19-10-8-13(9-11-19)14-6-4-5-7-15(14)16(21)12-20;1-2/h2-10,15,20-21,23H,11-14,16H2,1H3;4-8,20H,9-12H2,1-3H3;1-2H3/b23-22?,24-15+;;. The summed E-state index contributed by atoms with van der Waals surface area (Å²) in [5, 5.41) is 21.2. The number of carbonyl (C=O) groups is 2. The van der Waals surface area contributed by atoms with Gasteiger partial charge in [-0.3, -0.25) is 10.2 Å². The normalized spacial score (nSPS) is 17.2. The molecule has 1 aliphatic carbocycles. The van der Waals surface area contributed by atoms with E-state index in [4.69, 9.17) is 24.8 Å². The van der Waals surface area contributed by atoms with Crippen molar-refractivity contribution in [3.63, 3.8) is 0 Å². The maximum Gasteiger partial charge on any atom is 0.410 e. The lowest BCUT2D eigenvalue weighted by atomic mass is 9.87. The quantitative estimate of drug-likeness (QED) is 0.0996. The first-order chi connectivity index (χ1) is 24.5. The zero-order valence-corrected chi connectivity index (χ0v) is 31.1. The highest BCUT2D eigenvalue weighted by Gasteiger charge is 2.27. The van der Waals surface area contributed by atoms with Crippen LogP contribution in [0.5, 0.6) is 0 Å². The van der Waals surface area contributed by atoms with E-state index in [0.29, 0.717) is 31.7 Å². The Balaban J connectivity index is 0.000000265. The van der Waals surface area contributed by atoms with E-state index in [-0.39, 0.29) is 29.8 Å². The Kier molecular flexibility index (Phi) is 16.8. The molecule has 0 bridgehead atoms. The van der Waals surface area contributed by atoms with Gasteiger partial charge >= 0.3 is 6.09 Å². The van der Waals surface area contributed by atoms with Crippen molar-refractivity contribution in [2.75, 3.05) is 19.7 Å². The van der Waals surface area contributed by atoms with E-state index in [1.165, 1.54) is 11.1 Å². The highest BCUT2D eigenvalue weighted by molar-refractivity contribution is 6.01. The molecule has 2 aliphatic rings. The van der Waals surface area contributed by atoms with Gasteiger partial charge < -0.3 is 24.3 Å². The number of oxime groups is 1. The Labute approximate surface area is 303 Å². The molecule has 2 N–H and O–H groups in total.